The molecule has 1 amide bonds. The van der Waals surface area contributed by atoms with E-state index in [2.05, 4.69) is 20.4 Å². The van der Waals surface area contributed by atoms with Gasteiger partial charge in [0.15, 0.2) is 0 Å². The van der Waals surface area contributed by atoms with Gasteiger partial charge in [-0.3, -0.25) is 9.69 Å². The lowest BCUT2D eigenvalue weighted by Gasteiger charge is -2.32. The molecular formula is C18H24N4O2. The van der Waals surface area contributed by atoms with Crippen molar-refractivity contribution in [3.05, 3.63) is 36.2 Å². The summed E-state index contributed by atoms with van der Waals surface area (Å²) in [6, 6.07) is 9.82. The van der Waals surface area contributed by atoms with Crippen molar-refractivity contribution in [2.45, 2.75) is 38.6 Å². The molecule has 0 spiro atoms. The molecule has 128 valence electrons. The predicted molar refractivity (Wildman–Crippen MR) is 91.2 cm³/mol. The number of benzene rings is 1. The predicted octanol–water partition coefficient (Wildman–Crippen LogP) is 2.79. The first-order chi connectivity index (χ1) is 11.8. The topological polar surface area (TPSA) is 71.3 Å². The number of hydrogen-bond acceptors (Lipinski definition) is 5. The van der Waals surface area contributed by atoms with Gasteiger partial charge in [-0.2, -0.15) is 4.98 Å². The highest BCUT2D eigenvalue weighted by molar-refractivity contribution is 5.78. The number of likely N-dealkylation sites (tertiary alicyclic amines) is 1. The van der Waals surface area contributed by atoms with E-state index < -0.39 is 0 Å². The third kappa shape index (κ3) is 4.00. The Hall–Kier alpha value is -2.21. The van der Waals surface area contributed by atoms with E-state index in [9.17, 15) is 4.79 Å². The van der Waals surface area contributed by atoms with Gasteiger partial charge in [0.05, 0.1) is 12.6 Å². The second-order valence-electron chi connectivity index (χ2n) is 6.15. The van der Waals surface area contributed by atoms with Crippen LogP contribution in [0.4, 0.5) is 0 Å². The number of hydrogen-bond donors (Lipinski definition) is 1. The molecule has 2 aromatic rings. The third-order valence-corrected chi connectivity index (χ3v) is 4.29. The summed E-state index contributed by atoms with van der Waals surface area (Å²) in [4.78, 5) is 18.8. The molecule has 1 aliphatic heterocycles. The molecule has 1 aromatic carbocycles. The molecule has 1 saturated heterocycles. The van der Waals surface area contributed by atoms with Gasteiger partial charge in [-0.1, -0.05) is 48.8 Å². The molecule has 6 heteroatoms. The SMILES string of the molecule is CCCNC(=O)CN1CCCC[C@@H]1c1nc(-c2ccccc2)no1. The van der Waals surface area contributed by atoms with E-state index in [0.29, 0.717) is 18.3 Å². The van der Waals surface area contributed by atoms with Gasteiger partial charge >= 0.3 is 0 Å². The summed E-state index contributed by atoms with van der Waals surface area (Å²) in [5.41, 5.74) is 0.940. The second-order valence-corrected chi connectivity index (χ2v) is 6.15. The molecule has 0 aliphatic carbocycles. The number of amides is 1. The van der Waals surface area contributed by atoms with Gasteiger partial charge in [0, 0.05) is 12.1 Å². The quantitative estimate of drug-likeness (QED) is 0.883. The normalized spacial score (nSPS) is 18.5. The van der Waals surface area contributed by atoms with Crippen LogP contribution in [0.2, 0.25) is 0 Å². The molecule has 1 aromatic heterocycles. The Kier molecular flexibility index (Phi) is 5.59. The van der Waals surface area contributed by atoms with Gasteiger partial charge in [0.25, 0.3) is 0 Å². The summed E-state index contributed by atoms with van der Waals surface area (Å²) in [5, 5.41) is 7.05. The number of nitrogens with one attached hydrogen (secondary N) is 1. The zero-order valence-electron chi connectivity index (χ0n) is 14.1. The van der Waals surface area contributed by atoms with E-state index in [0.717, 1.165) is 44.3 Å². The van der Waals surface area contributed by atoms with Gasteiger partial charge < -0.3 is 9.84 Å². The number of carbonyl (C=O) groups is 1. The summed E-state index contributed by atoms with van der Waals surface area (Å²) in [7, 11) is 0. The molecule has 0 saturated carbocycles. The van der Waals surface area contributed by atoms with Crippen molar-refractivity contribution in [2.75, 3.05) is 19.6 Å². The molecule has 1 aliphatic rings. The van der Waals surface area contributed by atoms with Crippen LogP contribution in [0.3, 0.4) is 0 Å². The number of carbonyl (C=O) groups excluding carboxylic acids is 1. The Balaban J connectivity index is 1.71. The molecule has 2 heterocycles. The molecule has 0 unspecified atom stereocenters. The summed E-state index contributed by atoms with van der Waals surface area (Å²) in [6.07, 6.45) is 4.09. The summed E-state index contributed by atoms with van der Waals surface area (Å²) >= 11 is 0. The maximum Gasteiger partial charge on any atom is 0.244 e. The minimum atomic E-state index is 0.0242. The van der Waals surface area contributed by atoms with Crippen molar-refractivity contribution < 1.29 is 9.32 Å². The van der Waals surface area contributed by atoms with Gasteiger partial charge in [0.2, 0.25) is 17.6 Å². The monoisotopic (exact) mass is 328 g/mol. The second kappa shape index (κ2) is 8.06. The molecule has 0 bridgehead atoms. The average molecular weight is 328 g/mol. The van der Waals surface area contributed by atoms with E-state index in [4.69, 9.17) is 4.52 Å². The summed E-state index contributed by atoms with van der Waals surface area (Å²) in [5.74, 6) is 1.27. The Morgan fingerprint density at radius 2 is 2.17 bits per heavy atom. The van der Waals surface area contributed by atoms with Crippen LogP contribution in [0.5, 0.6) is 0 Å². The zero-order valence-corrected chi connectivity index (χ0v) is 14.1. The van der Waals surface area contributed by atoms with Gasteiger partial charge in [-0.25, -0.2) is 0 Å². The minimum Gasteiger partial charge on any atom is -0.355 e. The first-order valence-electron chi connectivity index (χ1n) is 8.67. The van der Waals surface area contributed by atoms with E-state index in [1.807, 2.05) is 37.3 Å². The number of rotatable bonds is 6. The first kappa shape index (κ1) is 16.6. The van der Waals surface area contributed by atoms with Crippen LogP contribution in [0, 0.1) is 0 Å². The molecule has 24 heavy (non-hydrogen) atoms. The fourth-order valence-electron chi connectivity index (χ4n) is 3.04. The van der Waals surface area contributed by atoms with Crippen molar-refractivity contribution in [3.8, 4) is 11.4 Å². The van der Waals surface area contributed by atoms with Crippen LogP contribution in [0.25, 0.3) is 11.4 Å². The highest BCUT2D eigenvalue weighted by Gasteiger charge is 2.30. The number of nitrogens with zero attached hydrogens (tertiary/aromatic N) is 3. The van der Waals surface area contributed by atoms with E-state index in [1.54, 1.807) is 0 Å². The van der Waals surface area contributed by atoms with Crippen LogP contribution >= 0.6 is 0 Å². The van der Waals surface area contributed by atoms with E-state index in [-0.39, 0.29) is 11.9 Å². The zero-order chi connectivity index (χ0) is 16.8. The standard InChI is InChI=1S/C18H24N4O2/c1-2-11-19-16(23)13-22-12-7-6-10-15(22)18-20-17(21-24-18)14-8-4-3-5-9-14/h3-5,8-9,15H,2,6-7,10-13H2,1H3,(H,19,23)/t15-/m1/s1. The van der Waals surface area contributed by atoms with Crippen molar-refractivity contribution >= 4 is 5.91 Å². The summed E-state index contributed by atoms with van der Waals surface area (Å²) in [6.45, 7) is 4.03. The van der Waals surface area contributed by atoms with Crippen molar-refractivity contribution in [2.24, 2.45) is 0 Å². The Morgan fingerprint density at radius 3 is 2.96 bits per heavy atom. The smallest absolute Gasteiger partial charge is 0.244 e. The van der Waals surface area contributed by atoms with Gasteiger partial charge in [-0.15, -0.1) is 0 Å². The average Bonchev–Trinajstić information content (AvgIpc) is 3.11. The Bertz CT molecular complexity index is 656. The molecule has 1 atom stereocenters. The van der Waals surface area contributed by atoms with Crippen LogP contribution in [0.1, 0.15) is 44.5 Å². The summed E-state index contributed by atoms with van der Waals surface area (Å²) < 4.78 is 5.52. The molecule has 1 N–H and O–H groups in total. The van der Waals surface area contributed by atoms with Crippen molar-refractivity contribution in [1.82, 2.24) is 20.4 Å². The maximum absolute atomic E-state index is 12.1. The highest BCUT2D eigenvalue weighted by Crippen LogP contribution is 2.30. The van der Waals surface area contributed by atoms with Gasteiger partial charge in [0.1, 0.15) is 0 Å². The third-order valence-electron chi connectivity index (χ3n) is 4.29. The molecule has 6 nitrogen and oxygen atoms in total. The molecule has 1 fully saturated rings. The fourth-order valence-corrected chi connectivity index (χ4v) is 3.04. The van der Waals surface area contributed by atoms with Crippen LogP contribution in [-0.2, 0) is 4.79 Å². The molecule has 3 rings (SSSR count). The minimum absolute atomic E-state index is 0.0242. The van der Waals surface area contributed by atoms with Gasteiger partial charge in [-0.05, 0) is 25.8 Å². The van der Waals surface area contributed by atoms with Crippen molar-refractivity contribution in [3.63, 3.8) is 0 Å². The number of aromatic nitrogens is 2. The fraction of sp³-hybridized carbons (Fsp3) is 0.500. The van der Waals surface area contributed by atoms with Crippen LogP contribution < -0.4 is 5.32 Å². The Labute approximate surface area is 142 Å². The maximum atomic E-state index is 12.1. The lowest BCUT2D eigenvalue weighted by Crippen LogP contribution is -2.41. The first-order valence-corrected chi connectivity index (χ1v) is 8.67. The largest absolute Gasteiger partial charge is 0.355 e. The number of piperidine rings is 1. The van der Waals surface area contributed by atoms with E-state index in [1.165, 1.54) is 0 Å². The van der Waals surface area contributed by atoms with Crippen LogP contribution in [-0.4, -0.2) is 40.6 Å². The van der Waals surface area contributed by atoms with E-state index >= 15 is 0 Å². The highest BCUT2D eigenvalue weighted by atomic mass is 16.5. The lowest BCUT2D eigenvalue weighted by atomic mass is 10.0. The Morgan fingerprint density at radius 1 is 1.33 bits per heavy atom. The van der Waals surface area contributed by atoms with Crippen molar-refractivity contribution in [1.29, 1.82) is 0 Å². The van der Waals surface area contributed by atoms with Crippen LogP contribution in [0.15, 0.2) is 34.9 Å². The molecular weight excluding hydrogens is 304 g/mol. The molecule has 0 radical (unpaired) electrons. The lowest BCUT2D eigenvalue weighted by molar-refractivity contribution is -0.123.